The molecular formula is C21H24FN3O3. The van der Waals surface area contributed by atoms with E-state index in [0.29, 0.717) is 43.7 Å². The van der Waals surface area contributed by atoms with Gasteiger partial charge in [0.05, 0.1) is 12.8 Å². The Morgan fingerprint density at radius 2 is 2.14 bits per heavy atom. The molecule has 1 aromatic carbocycles. The average molecular weight is 385 g/mol. The van der Waals surface area contributed by atoms with Crippen LogP contribution in [0.25, 0.3) is 10.9 Å². The van der Waals surface area contributed by atoms with Crippen LogP contribution < -0.4 is 0 Å². The Morgan fingerprint density at radius 3 is 2.89 bits per heavy atom. The number of carbonyl (C=O) groups excluding carboxylic acids is 1. The molecule has 3 heterocycles. The first-order valence-electron chi connectivity index (χ1n) is 9.48. The van der Waals surface area contributed by atoms with E-state index in [0.717, 1.165) is 11.3 Å². The Bertz CT molecular complexity index is 967. The molecule has 3 aromatic rings. The van der Waals surface area contributed by atoms with Gasteiger partial charge >= 0.3 is 0 Å². The zero-order chi connectivity index (χ0) is 19.7. The second-order valence-corrected chi connectivity index (χ2v) is 7.26. The highest BCUT2D eigenvalue weighted by Crippen LogP contribution is 2.23. The first-order chi connectivity index (χ1) is 13.6. The van der Waals surface area contributed by atoms with Gasteiger partial charge in [0.25, 0.3) is 5.91 Å². The molecule has 6 nitrogen and oxygen atoms in total. The topological polar surface area (TPSA) is 61.9 Å². The van der Waals surface area contributed by atoms with Crippen molar-refractivity contribution < 1.29 is 18.7 Å². The summed E-state index contributed by atoms with van der Waals surface area (Å²) < 4.78 is 20.8. The number of aliphatic hydroxyl groups excluding tert-OH is 1. The number of piperazine rings is 1. The molecule has 4 rings (SSSR count). The number of furan rings is 1. The number of hydrogen-bond acceptors (Lipinski definition) is 4. The van der Waals surface area contributed by atoms with Gasteiger partial charge in [-0.2, -0.15) is 0 Å². The van der Waals surface area contributed by atoms with Crippen LogP contribution in [0.2, 0.25) is 0 Å². The molecule has 0 bridgehead atoms. The lowest BCUT2D eigenvalue weighted by atomic mass is 10.1. The quantitative estimate of drug-likeness (QED) is 0.734. The number of aromatic nitrogens is 1. The number of rotatable bonds is 5. The molecule has 1 atom stereocenters. The van der Waals surface area contributed by atoms with Crippen molar-refractivity contribution in [1.82, 2.24) is 14.4 Å². The highest BCUT2D eigenvalue weighted by atomic mass is 19.1. The molecule has 1 aliphatic heterocycles. The van der Waals surface area contributed by atoms with Gasteiger partial charge in [0.2, 0.25) is 0 Å². The number of aryl methyl sites for hydroxylation is 1. The lowest BCUT2D eigenvalue weighted by Crippen LogP contribution is -2.54. The second-order valence-electron chi connectivity index (χ2n) is 7.26. The molecule has 28 heavy (non-hydrogen) atoms. The van der Waals surface area contributed by atoms with Crippen molar-refractivity contribution in [2.45, 2.75) is 19.0 Å². The molecule has 2 aromatic heterocycles. The van der Waals surface area contributed by atoms with Gasteiger partial charge in [-0.05, 0) is 42.8 Å². The number of nitrogens with zero attached hydrogens (tertiary/aromatic N) is 3. The molecule has 1 saturated heterocycles. The summed E-state index contributed by atoms with van der Waals surface area (Å²) in [6, 6.07) is 10.1. The smallest absolute Gasteiger partial charge is 0.270 e. The van der Waals surface area contributed by atoms with Gasteiger partial charge in [-0.15, -0.1) is 0 Å². The van der Waals surface area contributed by atoms with E-state index in [2.05, 4.69) is 4.90 Å². The summed E-state index contributed by atoms with van der Waals surface area (Å²) in [6.07, 6.45) is 2.24. The zero-order valence-corrected chi connectivity index (χ0v) is 15.8. The van der Waals surface area contributed by atoms with E-state index in [9.17, 15) is 14.3 Å². The molecule has 0 radical (unpaired) electrons. The first-order valence-corrected chi connectivity index (χ1v) is 9.48. The molecule has 0 spiro atoms. The second kappa shape index (κ2) is 7.77. The molecule has 1 N–H and O–H groups in total. The molecule has 0 aliphatic carbocycles. The van der Waals surface area contributed by atoms with Crippen molar-refractivity contribution >= 4 is 16.8 Å². The number of fused-ring (bicyclic) bond motifs is 1. The fourth-order valence-corrected chi connectivity index (χ4v) is 4.00. The van der Waals surface area contributed by atoms with Crippen LogP contribution in [0.15, 0.2) is 47.1 Å². The van der Waals surface area contributed by atoms with Crippen LogP contribution in [0.3, 0.4) is 0 Å². The summed E-state index contributed by atoms with van der Waals surface area (Å²) in [6.45, 7) is 2.56. The van der Waals surface area contributed by atoms with Crippen LogP contribution >= 0.6 is 0 Å². The van der Waals surface area contributed by atoms with Crippen LogP contribution in [-0.4, -0.2) is 57.7 Å². The van der Waals surface area contributed by atoms with E-state index in [1.165, 1.54) is 12.1 Å². The fraction of sp³-hybridized carbons (Fsp3) is 0.381. The van der Waals surface area contributed by atoms with Gasteiger partial charge in [0.1, 0.15) is 17.3 Å². The largest absolute Gasteiger partial charge is 0.468 e. The zero-order valence-electron chi connectivity index (χ0n) is 15.8. The molecule has 0 unspecified atom stereocenters. The Balaban J connectivity index is 1.53. The fourth-order valence-electron chi connectivity index (χ4n) is 4.00. The van der Waals surface area contributed by atoms with Crippen LogP contribution in [0.5, 0.6) is 0 Å². The molecule has 0 saturated carbocycles. The number of aliphatic hydroxyl groups is 1. The number of amides is 1. The summed E-state index contributed by atoms with van der Waals surface area (Å²) >= 11 is 0. The number of benzene rings is 1. The van der Waals surface area contributed by atoms with E-state index >= 15 is 0 Å². The van der Waals surface area contributed by atoms with E-state index in [1.54, 1.807) is 18.4 Å². The minimum atomic E-state index is -0.313. The van der Waals surface area contributed by atoms with Crippen molar-refractivity contribution in [1.29, 1.82) is 0 Å². The Hall–Kier alpha value is -2.64. The standard InChI is InChI=1S/C21H24FN3O3/c1-23-19-5-4-16(22)11-15(19)12-20(23)21(27)25-8-7-24(17(13-25)6-9-26)14-18-3-2-10-28-18/h2-5,10-12,17,26H,6-9,13-14H2,1H3/t17-/m0/s1. The molecule has 1 aliphatic rings. The predicted molar refractivity (Wildman–Crippen MR) is 103 cm³/mol. The third-order valence-electron chi connectivity index (χ3n) is 5.52. The van der Waals surface area contributed by atoms with Gasteiger partial charge in [0.15, 0.2) is 0 Å². The minimum absolute atomic E-state index is 0.0555. The van der Waals surface area contributed by atoms with E-state index in [4.69, 9.17) is 4.42 Å². The highest BCUT2D eigenvalue weighted by Gasteiger charge is 2.31. The maximum absolute atomic E-state index is 13.5. The van der Waals surface area contributed by atoms with Gasteiger partial charge in [-0.25, -0.2) is 4.39 Å². The van der Waals surface area contributed by atoms with Crippen LogP contribution in [0.1, 0.15) is 22.7 Å². The Kier molecular flexibility index (Phi) is 5.19. The van der Waals surface area contributed by atoms with Gasteiger partial charge in [-0.1, -0.05) is 0 Å². The van der Waals surface area contributed by atoms with Crippen LogP contribution in [0, 0.1) is 5.82 Å². The lowest BCUT2D eigenvalue weighted by molar-refractivity contribution is 0.0366. The van der Waals surface area contributed by atoms with Crippen molar-refractivity contribution in [3.05, 3.63) is 59.9 Å². The first kappa shape index (κ1) is 18.7. The summed E-state index contributed by atoms with van der Waals surface area (Å²) in [4.78, 5) is 17.2. The van der Waals surface area contributed by atoms with E-state index in [1.807, 2.05) is 28.6 Å². The van der Waals surface area contributed by atoms with Crippen LogP contribution in [-0.2, 0) is 13.6 Å². The normalized spacial score (nSPS) is 18.1. The molecule has 148 valence electrons. The number of hydrogen-bond donors (Lipinski definition) is 1. The number of halogens is 1. The lowest BCUT2D eigenvalue weighted by Gasteiger charge is -2.41. The maximum atomic E-state index is 13.5. The molecular weight excluding hydrogens is 361 g/mol. The summed E-state index contributed by atoms with van der Waals surface area (Å²) in [7, 11) is 1.83. The molecule has 1 fully saturated rings. The monoisotopic (exact) mass is 385 g/mol. The SMILES string of the molecule is Cn1c(C(=O)N2CCN(Cc3ccco3)[C@@H](CCO)C2)cc2cc(F)ccc21. The van der Waals surface area contributed by atoms with Crippen molar-refractivity contribution in [3.8, 4) is 0 Å². The van der Waals surface area contributed by atoms with Crippen molar-refractivity contribution in [3.63, 3.8) is 0 Å². The minimum Gasteiger partial charge on any atom is -0.468 e. The van der Waals surface area contributed by atoms with Crippen LogP contribution in [0.4, 0.5) is 4.39 Å². The third-order valence-corrected chi connectivity index (χ3v) is 5.52. The van der Waals surface area contributed by atoms with Gasteiger partial charge in [-0.3, -0.25) is 9.69 Å². The Morgan fingerprint density at radius 1 is 1.29 bits per heavy atom. The summed E-state index contributed by atoms with van der Waals surface area (Å²) in [5.41, 5.74) is 1.37. The third kappa shape index (κ3) is 3.55. The van der Waals surface area contributed by atoms with Crippen molar-refractivity contribution in [2.24, 2.45) is 7.05 Å². The summed E-state index contributed by atoms with van der Waals surface area (Å²) in [5, 5.41) is 10.2. The average Bonchev–Trinajstić information content (AvgIpc) is 3.30. The molecule has 7 heteroatoms. The van der Waals surface area contributed by atoms with Gasteiger partial charge in [0, 0.05) is 50.2 Å². The summed E-state index contributed by atoms with van der Waals surface area (Å²) in [5.74, 6) is 0.491. The van der Waals surface area contributed by atoms with E-state index in [-0.39, 0.29) is 24.4 Å². The van der Waals surface area contributed by atoms with E-state index < -0.39 is 0 Å². The van der Waals surface area contributed by atoms with Crippen molar-refractivity contribution in [2.75, 3.05) is 26.2 Å². The van der Waals surface area contributed by atoms with Gasteiger partial charge < -0.3 is 19.0 Å². The number of carbonyl (C=O) groups is 1. The highest BCUT2D eigenvalue weighted by molar-refractivity contribution is 5.98. The Labute approximate surface area is 162 Å². The molecule has 1 amide bonds. The maximum Gasteiger partial charge on any atom is 0.270 e. The predicted octanol–water partition coefficient (Wildman–Crippen LogP) is 2.62.